The van der Waals surface area contributed by atoms with Crippen molar-refractivity contribution in [1.82, 2.24) is 0 Å². The average molecular weight is 238 g/mol. The van der Waals surface area contributed by atoms with Gasteiger partial charge in [-0.25, -0.2) is 4.79 Å². The number of carbonyl (C=O) groups excluding carboxylic acids is 1. The van der Waals surface area contributed by atoms with Gasteiger partial charge < -0.3 is 4.74 Å². The number of hydrogen-bond donors (Lipinski definition) is 0. The highest BCUT2D eigenvalue weighted by molar-refractivity contribution is 5.89. The van der Waals surface area contributed by atoms with E-state index in [0.717, 1.165) is 12.0 Å². The van der Waals surface area contributed by atoms with Crippen molar-refractivity contribution in [3.63, 3.8) is 0 Å². The lowest BCUT2D eigenvalue weighted by Crippen LogP contribution is -2.13. The van der Waals surface area contributed by atoms with E-state index in [9.17, 15) is 4.79 Å². The Kier molecular flexibility index (Phi) is 2.63. The lowest BCUT2D eigenvalue weighted by Gasteiger charge is -2.21. The van der Waals surface area contributed by atoms with Gasteiger partial charge in [-0.1, -0.05) is 42.5 Å². The summed E-state index contributed by atoms with van der Waals surface area (Å²) in [6.45, 7) is 2.10. The van der Waals surface area contributed by atoms with Crippen molar-refractivity contribution in [3.8, 4) is 0 Å². The molecule has 18 heavy (non-hydrogen) atoms. The van der Waals surface area contributed by atoms with Gasteiger partial charge in [0.25, 0.3) is 0 Å². The third-order valence-electron chi connectivity index (χ3n) is 3.39. The van der Waals surface area contributed by atoms with Crippen molar-refractivity contribution < 1.29 is 9.53 Å². The number of rotatable bonds is 1. The Balaban J connectivity index is 2.15. The molecule has 1 aliphatic rings. The quantitative estimate of drug-likeness (QED) is 0.708. The van der Waals surface area contributed by atoms with Crippen LogP contribution >= 0.6 is 0 Å². The van der Waals surface area contributed by atoms with Gasteiger partial charge in [0.05, 0.1) is 0 Å². The van der Waals surface area contributed by atoms with Crippen LogP contribution < -0.4 is 0 Å². The zero-order valence-electron chi connectivity index (χ0n) is 10.2. The molecule has 3 rings (SSSR count). The summed E-state index contributed by atoms with van der Waals surface area (Å²) < 4.78 is 5.39. The van der Waals surface area contributed by atoms with Crippen LogP contribution in [0.2, 0.25) is 0 Å². The summed E-state index contributed by atoms with van der Waals surface area (Å²) in [5.74, 6) is -0.254. The fourth-order valence-corrected chi connectivity index (χ4v) is 2.46. The van der Waals surface area contributed by atoms with E-state index < -0.39 is 0 Å². The van der Waals surface area contributed by atoms with E-state index in [2.05, 4.69) is 31.2 Å². The molecule has 0 fully saturated rings. The molecule has 0 spiro atoms. The highest BCUT2D eigenvalue weighted by atomic mass is 16.5. The lowest BCUT2D eigenvalue weighted by atomic mass is 9.95. The molecule has 2 aromatic carbocycles. The number of fused-ring (bicyclic) bond motifs is 1. The van der Waals surface area contributed by atoms with Gasteiger partial charge in [-0.05, 0) is 23.3 Å². The number of ether oxygens (including phenoxy) is 1. The van der Waals surface area contributed by atoms with Gasteiger partial charge in [0.2, 0.25) is 0 Å². The van der Waals surface area contributed by atoms with E-state index in [4.69, 9.17) is 4.74 Å². The first-order chi connectivity index (χ1) is 8.75. The minimum atomic E-state index is -0.254. The molecule has 2 heteroatoms. The number of cyclic esters (lactones) is 1. The molecule has 0 unspecified atom stereocenters. The summed E-state index contributed by atoms with van der Waals surface area (Å²) in [7, 11) is 0. The average Bonchev–Trinajstić information content (AvgIpc) is 2.39. The zero-order chi connectivity index (χ0) is 12.5. The maximum Gasteiger partial charge on any atom is 0.331 e. The molecule has 0 aliphatic carbocycles. The maximum atomic E-state index is 11.3. The largest absolute Gasteiger partial charge is 0.454 e. The van der Waals surface area contributed by atoms with Crippen LogP contribution in [-0.2, 0) is 9.53 Å². The molecule has 0 bridgehead atoms. The van der Waals surface area contributed by atoms with Crippen molar-refractivity contribution in [2.45, 2.75) is 19.4 Å². The second-order valence-corrected chi connectivity index (χ2v) is 4.58. The minimum Gasteiger partial charge on any atom is -0.454 e. The normalized spacial score (nSPS) is 18.9. The summed E-state index contributed by atoms with van der Waals surface area (Å²) in [5.41, 5.74) is 2.33. The number of carbonyl (C=O) groups is 1. The topological polar surface area (TPSA) is 26.3 Å². The number of hydrogen-bond acceptors (Lipinski definition) is 2. The summed E-state index contributed by atoms with van der Waals surface area (Å²) in [4.78, 5) is 11.3. The summed E-state index contributed by atoms with van der Waals surface area (Å²) in [5, 5.41) is 2.39. The van der Waals surface area contributed by atoms with Gasteiger partial charge in [0.15, 0.2) is 0 Å². The molecule has 0 amide bonds. The molecular formula is C16H14O2. The van der Waals surface area contributed by atoms with Gasteiger partial charge in [0, 0.05) is 18.1 Å². The van der Waals surface area contributed by atoms with Crippen LogP contribution in [0.5, 0.6) is 0 Å². The molecule has 90 valence electrons. The summed E-state index contributed by atoms with van der Waals surface area (Å²) >= 11 is 0. The fraction of sp³-hybridized carbons (Fsp3) is 0.188. The van der Waals surface area contributed by atoms with Crippen molar-refractivity contribution in [1.29, 1.82) is 0 Å². The molecule has 1 heterocycles. The smallest absolute Gasteiger partial charge is 0.331 e. The third-order valence-corrected chi connectivity index (χ3v) is 3.39. The van der Waals surface area contributed by atoms with Crippen molar-refractivity contribution in [3.05, 3.63) is 59.7 Å². The van der Waals surface area contributed by atoms with Crippen molar-refractivity contribution in [2.24, 2.45) is 0 Å². The van der Waals surface area contributed by atoms with Gasteiger partial charge >= 0.3 is 5.97 Å². The molecule has 0 N–H and O–H groups in total. The second kappa shape index (κ2) is 4.30. The third kappa shape index (κ3) is 1.80. The SMILES string of the molecule is Cc1ccc([C@H]2CC=CC(=O)O2)c2ccccc12. The van der Waals surface area contributed by atoms with Crippen LogP contribution in [0.25, 0.3) is 10.8 Å². The highest BCUT2D eigenvalue weighted by Crippen LogP contribution is 2.32. The Morgan fingerprint density at radius 1 is 1.11 bits per heavy atom. The van der Waals surface area contributed by atoms with Crippen LogP contribution in [0.1, 0.15) is 23.7 Å². The monoisotopic (exact) mass is 238 g/mol. The first-order valence-corrected chi connectivity index (χ1v) is 6.11. The van der Waals surface area contributed by atoms with Crippen LogP contribution in [0.3, 0.4) is 0 Å². The van der Waals surface area contributed by atoms with E-state index in [0.29, 0.717) is 0 Å². The van der Waals surface area contributed by atoms with E-state index >= 15 is 0 Å². The van der Waals surface area contributed by atoms with Gasteiger partial charge in [0.1, 0.15) is 6.10 Å². The molecule has 0 saturated heterocycles. The Hall–Kier alpha value is -2.09. The number of benzene rings is 2. The molecular weight excluding hydrogens is 224 g/mol. The Bertz CT molecular complexity index is 641. The first-order valence-electron chi connectivity index (χ1n) is 6.11. The van der Waals surface area contributed by atoms with E-state index in [1.165, 1.54) is 22.4 Å². The van der Waals surface area contributed by atoms with Crippen LogP contribution in [0.15, 0.2) is 48.6 Å². The van der Waals surface area contributed by atoms with E-state index in [1.54, 1.807) is 0 Å². The fourth-order valence-electron chi connectivity index (χ4n) is 2.46. The lowest BCUT2D eigenvalue weighted by molar-refractivity contribution is -0.144. The van der Waals surface area contributed by atoms with Crippen molar-refractivity contribution in [2.75, 3.05) is 0 Å². The van der Waals surface area contributed by atoms with Gasteiger partial charge in [-0.3, -0.25) is 0 Å². The molecule has 1 aliphatic heterocycles. The Labute approximate surface area is 106 Å². The predicted octanol–water partition coefficient (Wildman–Crippen LogP) is 3.69. The predicted molar refractivity (Wildman–Crippen MR) is 71.3 cm³/mol. The zero-order valence-corrected chi connectivity index (χ0v) is 10.2. The molecule has 2 aromatic rings. The van der Waals surface area contributed by atoms with Crippen molar-refractivity contribution >= 4 is 16.7 Å². The molecule has 0 aromatic heterocycles. The van der Waals surface area contributed by atoms with Crippen LogP contribution in [0.4, 0.5) is 0 Å². The number of esters is 1. The summed E-state index contributed by atoms with van der Waals surface area (Å²) in [6, 6.07) is 12.4. The molecule has 0 radical (unpaired) electrons. The molecule has 0 saturated carbocycles. The van der Waals surface area contributed by atoms with E-state index in [1.807, 2.05) is 18.2 Å². The molecule has 1 atom stereocenters. The minimum absolute atomic E-state index is 0.159. The first kappa shape index (κ1) is 11.0. The Morgan fingerprint density at radius 3 is 2.67 bits per heavy atom. The number of aryl methyl sites for hydroxylation is 1. The Morgan fingerprint density at radius 2 is 1.89 bits per heavy atom. The highest BCUT2D eigenvalue weighted by Gasteiger charge is 2.20. The summed E-state index contributed by atoms with van der Waals surface area (Å²) in [6.07, 6.45) is 3.96. The molecule has 2 nitrogen and oxygen atoms in total. The van der Waals surface area contributed by atoms with Gasteiger partial charge in [-0.15, -0.1) is 0 Å². The standard InChI is InChI=1S/C16H14O2/c1-11-9-10-14(13-6-3-2-5-12(11)13)15-7-4-8-16(17)18-15/h2-6,8-10,15H,7H2,1H3/t15-/m1/s1. The maximum absolute atomic E-state index is 11.3. The van der Waals surface area contributed by atoms with Gasteiger partial charge in [-0.2, -0.15) is 0 Å². The van der Waals surface area contributed by atoms with Crippen LogP contribution in [-0.4, -0.2) is 5.97 Å². The van der Waals surface area contributed by atoms with E-state index in [-0.39, 0.29) is 12.1 Å². The second-order valence-electron chi connectivity index (χ2n) is 4.58. The van der Waals surface area contributed by atoms with Crippen LogP contribution in [0, 0.1) is 6.92 Å².